The molecule has 0 bridgehead atoms. The number of hydrogen-bond donors (Lipinski definition) is 0. The Morgan fingerprint density at radius 2 is 1.13 bits per heavy atom. The molecule has 0 aliphatic heterocycles. The molecule has 0 amide bonds. The van der Waals surface area contributed by atoms with Gasteiger partial charge < -0.3 is 18.0 Å². The van der Waals surface area contributed by atoms with Gasteiger partial charge >= 0.3 is 0 Å². The maximum Gasteiger partial charge on any atom is 0.268 e. The zero-order chi connectivity index (χ0) is 18.5. The predicted molar refractivity (Wildman–Crippen MR) is 106 cm³/mol. The first-order chi connectivity index (χ1) is 10.1. The lowest BCUT2D eigenvalue weighted by Gasteiger charge is -2.24. The summed E-state index contributed by atoms with van der Waals surface area (Å²) in [5, 5.41) is 0. The molecule has 0 aromatic rings. The van der Waals surface area contributed by atoms with Gasteiger partial charge in [-0.1, -0.05) is 6.58 Å². The molecule has 134 valence electrons. The molecular formula is C16H34O4Si3. The van der Waals surface area contributed by atoms with Gasteiger partial charge in [0.05, 0.1) is 18.9 Å². The van der Waals surface area contributed by atoms with E-state index in [1.165, 1.54) is 0 Å². The Kier molecular flexibility index (Phi) is 7.92. The third-order valence-corrected chi connectivity index (χ3v) is 4.57. The SMILES string of the molecule is C=C(/C=C(/C=C(/OC)O[Si](C)(C)C)O[Si](C)(C)C)O[Si](C)(C)C. The lowest BCUT2D eigenvalue weighted by Crippen LogP contribution is -2.27. The summed E-state index contributed by atoms with van der Waals surface area (Å²) in [6.45, 7) is 23.1. The fourth-order valence-electron chi connectivity index (χ4n) is 1.58. The Bertz CT molecular complexity index is 463. The van der Waals surface area contributed by atoms with Crippen molar-refractivity contribution in [3.63, 3.8) is 0 Å². The van der Waals surface area contributed by atoms with Gasteiger partial charge in [-0.25, -0.2) is 0 Å². The normalized spacial score (nSPS) is 14.3. The topological polar surface area (TPSA) is 36.9 Å². The summed E-state index contributed by atoms with van der Waals surface area (Å²) in [5.41, 5.74) is 0. The van der Waals surface area contributed by atoms with E-state index in [2.05, 4.69) is 65.5 Å². The molecule has 0 aromatic carbocycles. The van der Waals surface area contributed by atoms with Crippen LogP contribution in [0.15, 0.2) is 36.2 Å². The molecule has 0 atom stereocenters. The fraction of sp³-hybridized carbons (Fsp3) is 0.625. The van der Waals surface area contributed by atoms with Crippen molar-refractivity contribution < 1.29 is 18.0 Å². The molecule has 0 radical (unpaired) electrons. The summed E-state index contributed by atoms with van der Waals surface area (Å²) in [6.07, 6.45) is 3.61. The van der Waals surface area contributed by atoms with Gasteiger partial charge in [0.1, 0.15) is 5.76 Å². The van der Waals surface area contributed by atoms with E-state index in [9.17, 15) is 0 Å². The van der Waals surface area contributed by atoms with E-state index in [1.54, 1.807) is 13.2 Å². The average Bonchev–Trinajstić information content (AvgIpc) is 2.20. The summed E-state index contributed by atoms with van der Waals surface area (Å²) in [4.78, 5) is 0. The highest BCUT2D eigenvalue weighted by Gasteiger charge is 2.22. The second kappa shape index (κ2) is 8.25. The van der Waals surface area contributed by atoms with Crippen LogP contribution in [0.3, 0.4) is 0 Å². The zero-order valence-electron chi connectivity index (χ0n) is 16.5. The van der Waals surface area contributed by atoms with Crippen molar-refractivity contribution in [2.45, 2.75) is 58.9 Å². The molecule has 4 nitrogen and oxygen atoms in total. The summed E-state index contributed by atoms with van der Waals surface area (Å²) < 4.78 is 23.3. The fourth-order valence-corrected chi connectivity index (χ4v) is 4.00. The Morgan fingerprint density at radius 1 is 0.696 bits per heavy atom. The van der Waals surface area contributed by atoms with Gasteiger partial charge in [0, 0.05) is 6.08 Å². The molecule has 0 unspecified atom stereocenters. The second-order valence-electron chi connectivity index (χ2n) is 8.32. The van der Waals surface area contributed by atoms with Crippen LogP contribution in [0.1, 0.15) is 0 Å². The largest absolute Gasteiger partial charge is 0.545 e. The molecule has 0 saturated carbocycles. The van der Waals surface area contributed by atoms with Crippen LogP contribution in [0.2, 0.25) is 58.9 Å². The molecule has 0 aliphatic rings. The van der Waals surface area contributed by atoms with E-state index >= 15 is 0 Å². The van der Waals surface area contributed by atoms with E-state index in [1.807, 2.05) is 6.08 Å². The van der Waals surface area contributed by atoms with Crippen molar-refractivity contribution in [1.29, 1.82) is 0 Å². The molecule has 23 heavy (non-hydrogen) atoms. The van der Waals surface area contributed by atoms with Gasteiger partial charge in [-0.15, -0.1) is 0 Å². The minimum Gasteiger partial charge on any atom is -0.545 e. The average molecular weight is 375 g/mol. The summed E-state index contributed by atoms with van der Waals surface area (Å²) in [6, 6.07) is 0. The Hall–Kier alpha value is -0.929. The van der Waals surface area contributed by atoms with E-state index in [-0.39, 0.29) is 0 Å². The van der Waals surface area contributed by atoms with Crippen LogP contribution in [-0.2, 0) is 18.0 Å². The maximum atomic E-state index is 6.12. The lowest BCUT2D eigenvalue weighted by atomic mass is 10.4. The standard InChI is InChI=1S/C16H34O4Si3/c1-14(18-21(3,4)5)12-15(19-22(6,7)8)13-16(17-2)20-23(9,10)11/h12-13H,1H2,2-11H3/b15-12-,16-13-. The molecule has 0 heterocycles. The number of allylic oxidation sites excluding steroid dienone is 2. The van der Waals surface area contributed by atoms with E-state index in [0.29, 0.717) is 17.5 Å². The van der Waals surface area contributed by atoms with Gasteiger partial charge in [-0.05, 0) is 58.9 Å². The van der Waals surface area contributed by atoms with E-state index in [0.717, 1.165) is 0 Å². The van der Waals surface area contributed by atoms with Crippen molar-refractivity contribution in [3.05, 3.63) is 36.2 Å². The van der Waals surface area contributed by atoms with Crippen molar-refractivity contribution in [2.24, 2.45) is 0 Å². The molecule has 0 saturated heterocycles. The predicted octanol–water partition coefficient (Wildman–Crippen LogP) is 5.43. The van der Waals surface area contributed by atoms with Crippen LogP contribution in [0.4, 0.5) is 0 Å². The van der Waals surface area contributed by atoms with Crippen LogP contribution < -0.4 is 0 Å². The van der Waals surface area contributed by atoms with Crippen molar-refractivity contribution in [1.82, 2.24) is 0 Å². The Balaban J connectivity index is 5.48. The maximum absolute atomic E-state index is 6.12. The first kappa shape index (κ1) is 22.1. The number of methoxy groups -OCH3 is 1. The number of rotatable bonds is 9. The second-order valence-corrected chi connectivity index (χ2v) is 21.6. The highest BCUT2D eigenvalue weighted by atomic mass is 28.4. The van der Waals surface area contributed by atoms with Crippen molar-refractivity contribution in [3.8, 4) is 0 Å². The first-order valence-electron chi connectivity index (χ1n) is 7.85. The van der Waals surface area contributed by atoms with Crippen LogP contribution in [0.5, 0.6) is 0 Å². The highest BCUT2D eigenvalue weighted by molar-refractivity contribution is 6.70. The van der Waals surface area contributed by atoms with Crippen LogP contribution in [0.25, 0.3) is 0 Å². The van der Waals surface area contributed by atoms with Crippen LogP contribution in [0, 0.1) is 0 Å². The molecular weight excluding hydrogens is 340 g/mol. The van der Waals surface area contributed by atoms with Gasteiger partial charge in [-0.3, -0.25) is 0 Å². The van der Waals surface area contributed by atoms with Gasteiger partial charge in [0.2, 0.25) is 25.0 Å². The minimum atomic E-state index is -1.78. The van der Waals surface area contributed by atoms with Crippen LogP contribution >= 0.6 is 0 Å². The third kappa shape index (κ3) is 13.2. The number of ether oxygens (including phenoxy) is 1. The molecule has 0 fully saturated rings. The molecule has 0 spiro atoms. The highest BCUT2D eigenvalue weighted by Crippen LogP contribution is 2.20. The van der Waals surface area contributed by atoms with E-state index in [4.69, 9.17) is 18.0 Å². The smallest absolute Gasteiger partial charge is 0.268 e. The van der Waals surface area contributed by atoms with E-state index < -0.39 is 25.0 Å². The molecule has 7 heteroatoms. The molecule has 0 N–H and O–H groups in total. The molecule has 0 aromatic heterocycles. The summed E-state index contributed by atoms with van der Waals surface area (Å²) >= 11 is 0. The minimum absolute atomic E-state index is 0.467. The van der Waals surface area contributed by atoms with Gasteiger partial charge in [-0.2, -0.15) is 0 Å². The molecule has 0 rings (SSSR count). The molecule has 0 aliphatic carbocycles. The van der Waals surface area contributed by atoms with Gasteiger partial charge in [0.15, 0.2) is 0 Å². The Labute approximate surface area is 145 Å². The monoisotopic (exact) mass is 374 g/mol. The Morgan fingerprint density at radius 3 is 1.48 bits per heavy atom. The van der Waals surface area contributed by atoms with Crippen LogP contribution in [-0.4, -0.2) is 32.1 Å². The summed E-state index contributed by atoms with van der Waals surface area (Å²) in [5.74, 6) is 1.74. The van der Waals surface area contributed by atoms with Gasteiger partial charge in [0.25, 0.3) is 5.95 Å². The number of hydrogen-bond acceptors (Lipinski definition) is 4. The van der Waals surface area contributed by atoms with Crippen molar-refractivity contribution >= 4 is 25.0 Å². The summed E-state index contributed by atoms with van der Waals surface area (Å²) in [7, 11) is -3.63. The third-order valence-electron chi connectivity index (χ3n) is 2.03. The van der Waals surface area contributed by atoms with Crippen molar-refractivity contribution in [2.75, 3.05) is 7.11 Å². The zero-order valence-corrected chi connectivity index (χ0v) is 19.5. The first-order valence-corrected chi connectivity index (χ1v) is 18.1. The lowest BCUT2D eigenvalue weighted by molar-refractivity contribution is 0.145. The quantitative estimate of drug-likeness (QED) is 0.306.